The molecule has 1 atom stereocenters. The quantitative estimate of drug-likeness (QED) is 0.604. The molecule has 4 bridgehead atoms. The molecule has 1 aromatic carbocycles. The van der Waals surface area contributed by atoms with Crippen molar-refractivity contribution in [2.75, 3.05) is 5.32 Å². The van der Waals surface area contributed by atoms with Crippen LogP contribution in [0.4, 0.5) is 10.5 Å². The predicted octanol–water partition coefficient (Wildman–Crippen LogP) is 4.83. The van der Waals surface area contributed by atoms with Crippen molar-refractivity contribution in [1.29, 1.82) is 0 Å². The average Bonchev–Trinajstić information content (AvgIpc) is 3.56. The van der Waals surface area contributed by atoms with Crippen LogP contribution in [0.25, 0.3) is 0 Å². The van der Waals surface area contributed by atoms with Crippen LogP contribution in [0, 0.1) is 29.1 Å². The normalized spacial score (nSPS) is 32.5. The number of urea groups is 1. The van der Waals surface area contributed by atoms with Gasteiger partial charge < -0.3 is 16.0 Å². The second-order valence-electron chi connectivity index (χ2n) is 10.5. The summed E-state index contributed by atoms with van der Waals surface area (Å²) in [5.74, 6) is 3.02. The second kappa shape index (κ2) is 7.90. The first-order valence-corrected chi connectivity index (χ1v) is 12.0. The zero-order chi connectivity index (χ0) is 20.7. The Kier molecular flexibility index (Phi) is 5.24. The SMILES string of the molecule is CC[C@H](NC(=O)NCc1ccc(NC(=O)C2CC2)cc1)C12CC3CC(CC(C3)C1)C2. The monoisotopic (exact) mass is 409 g/mol. The minimum Gasteiger partial charge on any atom is -0.335 e. The Balaban J connectivity index is 1.13. The van der Waals surface area contributed by atoms with E-state index in [9.17, 15) is 9.59 Å². The molecule has 3 N–H and O–H groups in total. The predicted molar refractivity (Wildman–Crippen MR) is 118 cm³/mol. The number of carbonyl (C=O) groups excluding carboxylic acids is 2. The van der Waals surface area contributed by atoms with Gasteiger partial charge in [0.25, 0.3) is 0 Å². The molecule has 0 spiro atoms. The fraction of sp³-hybridized carbons (Fsp3) is 0.680. The first-order chi connectivity index (χ1) is 14.5. The van der Waals surface area contributed by atoms with Crippen LogP contribution in [0.1, 0.15) is 70.3 Å². The molecule has 6 rings (SSSR count). The summed E-state index contributed by atoms with van der Waals surface area (Å²) in [7, 11) is 0. The third-order valence-electron chi connectivity index (χ3n) is 8.16. The summed E-state index contributed by atoms with van der Waals surface area (Å²) >= 11 is 0. The molecule has 5 fully saturated rings. The van der Waals surface area contributed by atoms with Gasteiger partial charge in [0.15, 0.2) is 0 Å². The summed E-state index contributed by atoms with van der Waals surface area (Å²) in [4.78, 5) is 24.6. The number of carbonyl (C=O) groups is 2. The average molecular weight is 410 g/mol. The van der Waals surface area contributed by atoms with Crippen molar-refractivity contribution in [3.05, 3.63) is 29.8 Å². The van der Waals surface area contributed by atoms with Crippen LogP contribution in [0.15, 0.2) is 24.3 Å². The molecule has 0 aromatic heterocycles. The minimum atomic E-state index is -0.0521. The first kappa shape index (κ1) is 19.9. The number of nitrogens with one attached hydrogen (secondary N) is 3. The molecule has 162 valence electrons. The molecule has 5 heteroatoms. The highest BCUT2D eigenvalue weighted by molar-refractivity contribution is 5.94. The van der Waals surface area contributed by atoms with Gasteiger partial charge in [-0.1, -0.05) is 19.1 Å². The van der Waals surface area contributed by atoms with E-state index in [4.69, 9.17) is 0 Å². The highest BCUT2D eigenvalue weighted by Crippen LogP contribution is 2.61. The zero-order valence-electron chi connectivity index (χ0n) is 18.1. The molecule has 5 aliphatic carbocycles. The summed E-state index contributed by atoms with van der Waals surface area (Å²) in [6.07, 6.45) is 11.2. The van der Waals surface area contributed by atoms with E-state index in [2.05, 4.69) is 22.9 Å². The molecule has 5 aliphatic rings. The summed E-state index contributed by atoms with van der Waals surface area (Å²) in [6.45, 7) is 2.72. The lowest BCUT2D eigenvalue weighted by molar-refractivity contribution is -0.117. The smallest absolute Gasteiger partial charge is 0.315 e. The van der Waals surface area contributed by atoms with E-state index in [-0.39, 0.29) is 23.9 Å². The zero-order valence-corrected chi connectivity index (χ0v) is 18.1. The molecule has 3 amide bonds. The molecule has 0 radical (unpaired) electrons. The summed E-state index contributed by atoms with van der Waals surface area (Å²) in [6, 6.07) is 8.01. The Bertz CT molecular complexity index is 764. The molecular formula is C25H35N3O2. The van der Waals surface area contributed by atoms with Crippen LogP contribution in [-0.2, 0) is 11.3 Å². The van der Waals surface area contributed by atoms with Crippen LogP contribution in [0.5, 0.6) is 0 Å². The van der Waals surface area contributed by atoms with Crippen molar-refractivity contribution >= 4 is 17.6 Å². The third kappa shape index (κ3) is 4.08. The molecule has 5 saturated carbocycles. The fourth-order valence-corrected chi connectivity index (χ4v) is 6.98. The van der Waals surface area contributed by atoms with E-state index < -0.39 is 0 Å². The van der Waals surface area contributed by atoms with Gasteiger partial charge >= 0.3 is 6.03 Å². The molecule has 0 unspecified atom stereocenters. The second-order valence-corrected chi connectivity index (χ2v) is 10.5. The molecule has 5 nitrogen and oxygen atoms in total. The molecule has 0 saturated heterocycles. The van der Waals surface area contributed by atoms with Gasteiger partial charge in [0.1, 0.15) is 0 Å². The standard InChI is InChI=1S/C25H35N3O2/c1-2-22(25-12-17-9-18(13-25)11-19(10-17)14-25)28-24(30)26-15-16-3-7-21(8-4-16)27-23(29)20-5-6-20/h3-4,7-8,17-20,22H,2,5-6,9-15H2,1H3,(H,27,29)(H2,26,28,30)/t17?,18?,19?,22-,25?/m0/s1. The van der Waals surface area contributed by atoms with E-state index in [1.165, 1.54) is 38.5 Å². The Labute approximate surface area is 179 Å². The van der Waals surface area contributed by atoms with Crippen LogP contribution >= 0.6 is 0 Å². The van der Waals surface area contributed by atoms with Gasteiger partial charge in [0.05, 0.1) is 0 Å². The number of amides is 3. The number of hydrogen-bond donors (Lipinski definition) is 3. The van der Waals surface area contributed by atoms with Gasteiger partial charge in [0.2, 0.25) is 5.91 Å². The Morgan fingerprint density at radius 3 is 2.13 bits per heavy atom. The number of hydrogen-bond acceptors (Lipinski definition) is 2. The van der Waals surface area contributed by atoms with E-state index in [1.54, 1.807) is 0 Å². The van der Waals surface area contributed by atoms with Crippen LogP contribution in [0.2, 0.25) is 0 Å². The van der Waals surface area contributed by atoms with Gasteiger partial charge in [-0.3, -0.25) is 4.79 Å². The Morgan fingerprint density at radius 1 is 1.00 bits per heavy atom. The fourth-order valence-electron chi connectivity index (χ4n) is 6.98. The third-order valence-corrected chi connectivity index (χ3v) is 8.16. The largest absolute Gasteiger partial charge is 0.335 e. The Morgan fingerprint density at radius 2 is 1.60 bits per heavy atom. The summed E-state index contributed by atoms with van der Waals surface area (Å²) in [5, 5.41) is 9.34. The van der Waals surface area contributed by atoms with E-state index in [0.29, 0.717) is 12.0 Å². The lowest BCUT2D eigenvalue weighted by Gasteiger charge is -2.59. The molecule has 0 heterocycles. The first-order valence-electron chi connectivity index (χ1n) is 12.0. The lowest BCUT2D eigenvalue weighted by atomic mass is 9.47. The van der Waals surface area contributed by atoms with E-state index in [1.807, 2.05) is 24.3 Å². The van der Waals surface area contributed by atoms with Crippen molar-refractivity contribution in [2.45, 2.75) is 77.3 Å². The van der Waals surface area contributed by atoms with Crippen molar-refractivity contribution in [3.63, 3.8) is 0 Å². The highest BCUT2D eigenvalue weighted by Gasteiger charge is 2.54. The molecule has 30 heavy (non-hydrogen) atoms. The van der Waals surface area contributed by atoms with Crippen LogP contribution in [0.3, 0.4) is 0 Å². The van der Waals surface area contributed by atoms with Gasteiger partial charge in [-0.2, -0.15) is 0 Å². The van der Waals surface area contributed by atoms with Crippen molar-refractivity contribution in [2.24, 2.45) is 29.1 Å². The number of anilines is 1. The number of benzene rings is 1. The van der Waals surface area contributed by atoms with Crippen LogP contribution < -0.4 is 16.0 Å². The maximum absolute atomic E-state index is 12.7. The summed E-state index contributed by atoms with van der Waals surface area (Å²) in [5.41, 5.74) is 2.20. The van der Waals surface area contributed by atoms with Gasteiger partial charge in [-0.25, -0.2) is 4.79 Å². The van der Waals surface area contributed by atoms with Crippen molar-refractivity contribution in [1.82, 2.24) is 10.6 Å². The Hall–Kier alpha value is -2.04. The minimum absolute atomic E-state index is 0.0521. The maximum atomic E-state index is 12.7. The van der Waals surface area contributed by atoms with Crippen LogP contribution in [-0.4, -0.2) is 18.0 Å². The van der Waals surface area contributed by atoms with Gasteiger partial charge in [-0.05, 0) is 98.7 Å². The van der Waals surface area contributed by atoms with Crippen molar-refractivity contribution < 1.29 is 9.59 Å². The van der Waals surface area contributed by atoms with E-state index >= 15 is 0 Å². The molecule has 0 aliphatic heterocycles. The van der Waals surface area contributed by atoms with Crippen molar-refractivity contribution in [3.8, 4) is 0 Å². The lowest BCUT2D eigenvalue weighted by Crippen LogP contribution is -2.57. The highest BCUT2D eigenvalue weighted by atomic mass is 16.2. The van der Waals surface area contributed by atoms with E-state index in [0.717, 1.165) is 48.3 Å². The summed E-state index contributed by atoms with van der Waals surface area (Å²) < 4.78 is 0. The number of rotatable bonds is 7. The maximum Gasteiger partial charge on any atom is 0.315 e. The topological polar surface area (TPSA) is 70.2 Å². The van der Waals surface area contributed by atoms with Gasteiger partial charge in [0, 0.05) is 24.2 Å². The van der Waals surface area contributed by atoms with Gasteiger partial charge in [-0.15, -0.1) is 0 Å². The molecular weight excluding hydrogens is 374 g/mol. The molecule has 1 aromatic rings.